The Hall–Kier alpha value is -2.73. The number of rotatable bonds is 5. The molecule has 6 heteroatoms. The normalized spacial score (nSPS) is 20.2. The monoisotopic (exact) mass is 349 g/mol. The van der Waals surface area contributed by atoms with Gasteiger partial charge in [-0.15, -0.1) is 0 Å². The maximum absolute atomic E-state index is 12.2. The van der Waals surface area contributed by atoms with E-state index in [1.165, 1.54) is 0 Å². The number of aryl methyl sites for hydroxylation is 1. The van der Waals surface area contributed by atoms with Crippen molar-refractivity contribution in [1.29, 1.82) is 0 Å². The highest BCUT2D eigenvalue weighted by Gasteiger charge is 2.38. The molecule has 1 fully saturated rings. The summed E-state index contributed by atoms with van der Waals surface area (Å²) in [5, 5.41) is 3.57. The van der Waals surface area contributed by atoms with Crippen molar-refractivity contribution in [3.05, 3.63) is 60.2 Å². The molecule has 1 aliphatic rings. The molecule has 6 nitrogen and oxygen atoms in total. The molecule has 0 spiro atoms. The Morgan fingerprint density at radius 2 is 2.04 bits per heavy atom. The summed E-state index contributed by atoms with van der Waals surface area (Å²) >= 11 is 0. The SMILES string of the molecule is CN1C(=O)C[C@@H](NCCc2nc3ccccc3n2C)[C@@H]1c1cccnc1. The average Bonchev–Trinajstić information content (AvgIpc) is 3.13. The number of nitrogens with one attached hydrogen (secondary N) is 1. The van der Waals surface area contributed by atoms with E-state index in [0.717, 1.165) is 35.4 Å². The van der Waals surface area contributed by atoms with Gasteiger partial charge in [0, 0.05) is 51.9 Å². The zero-order valence-corrected chi connectivity index (χ0v) is 15.1. The molecule has 0 bridgehead atoms. The number of likely N-dealkylation sites (N-methyl/N-ethyl adjacent to an activating group) is 1. The number of fused-ring (bicyclic) bond motifs is 1. The molecule has 0 unspecified atom stereocenters. The predicted molar refractivity (Wildman–Crippen MR) is 101 cm³/mol. The molecular weight excluding hydrogens is 326 g/mol. The lowest BCUT2D eigenvalue weighted by atomic mass is 10.0. The van der Waals surface area contributed by atoms with Crippen LogP contribution in [0.4, 0.5) is 0 Å². The summed E-state index contributed by atoms with van der Waals surface area (Å²) in [6.45, 7) is 0.777. The first kappa shape index (κ1) is 16.7. The van der Waals surface area contributed by atoms with E-state index in [1.54, 1.807) is 6.20 Å². The van der Waals surface area contributed by atoms with Crippen LogP contribution in [-0.4, -0.2) is 45.0 Å². The minimum absolute atomic E-state index is 0.0247. The number of pyridine rings is 1. The molecule has 1 aromatic carbocycles. The lowest BCUT2D eigenvalue weighted by molar-refractivity contribution is -0.127. The third-order valence-corrected chi connectivity index (χ3v) is 5.25. The second-order valence-electron chi connectivity index (χ2n) is 6.83. The van der Waals surface area contributed by atoms with Crippen molar-refractivity contribution in [3.8, 4) is 0 Å². The maximum Gasteiger partial charge on any atom is 0.224 e. The van der Waals surface area contributed by atoms with Crippen molar-refractivity contribution in [3.63, 3.8) is 0 Å². The molecule has 1 N–H and O–H groups in total. The van der Waals surface area contributed by atoms with Gasteiger partial charge in [-0.2, -0.15) is 0 Å². The highest BCUT2D eigenvalue weighted by Crippen LogP contribution is 2.31. The highest BCUT2D eigenvalue weighted by atomic mass is 16.2. The molecular formula is C20H23N5O. The van der Waals surface area contributed by atoms with Crippen LogP contribution >= 0.6 is 0 Å². The van der Waals surface area contributed by atoms with Gasteiger partial charge in [0.05, 0.1) is 17.1 Å². The summed E-state index contributed by atoms with van der Waals surface area (Å²) in [6.07, 6.45) is 4.94. The summed E-state index contributed by atoms with van der Waals surface area (Å²) in [7, 11) is 3.92. The van der Waals surface area contributed by atoms with Gasteiger partial charge >= 0.3 is 0 Å². The molecule has 3 aromatic rings. The van der Waals surface area contributed by atoms with Crippen LogP contribution in [0.2, 0.25) is 0 Å². The van der Waals surface area contributed by atoms with Crippen LogP contribution in [-0.2, 0) is 18.3 Å². The fourth-order valence-corrected chi connectivity index (χ4v) is 3.85. The molecule has 2 atom stereocenters. The number of benzene rings is 1. The Labute approximate surface area is 152 Å². The van der Waals surface area contributed by atoms with E-state index in [0.29, 0.717) is 6.42 Å². The molecule has 2 aromatic heterocycles. The molecule has 0 radical (unpaired) electrons. The Bertz CT molecular complexity index is 920. The average molecular weight is 349 g/mol. The second-order valence-corrected chi connectivity index (χ2v) is 6.83. The topological polar surface area (TPSA) is 63.1 Å². The van der Waals surface area contributed by atoms with Crippen molar-refractivity contribution in [2.75, 3.05) is 13.6 Å². The van der Waals surface area contributed by atoms with Crippen LogP contribution in [0.3, 0.4) is 0 Å². The van der Waals surface area contributed by atoms with E-state index in [2.05, 4.69) is 28.0 Å². The number of hydrogen-bond acceptors (Lipinski definition) is 4. The molecule has 3 heterocycles. The van der Waals surface area contributed by atoms with Gasteiger partial charge in [0.2, 0.25) is 5.91 Å². The molecule has 134 valence electrons. The summed E-state index contributed by atoms with van der Waals surface area (Å²) in [5.74, 6) is 1.22. The lowest BCUT2D eigenvalue weighted by Gasteiger charge is -2.25. The summed E-state index contributed by atoms with van der Waals surface area (Å²) in [6, 6.07) is 12.2. The molecule has 26 heavy (non-hydrogen) atoms. The minimum atomic E-state index is 0.0247. The first-order chi connectivity index (χ1) is 12.6. The molecule has 1 saturated heterocycles. The standard InChI is InChI=1S/C20H23N5O/c1-24-17-8-4-3-7-15(17)23-18(24)9-11-22-16-12-19(26)25(2)20(16)14-6-5-10-21-13-14/h3-8,10,13,16,20,22H,9,11-12H2,1-2H3/t16-,20+/m1/s1. The highest BCUT2D eigenvalue weighted by molar-refractivity contribution is 5.80. The van der Waals surface area contributed by atoms with Gasteiger partial charge in [0.15, 0.2) is 0 Å². The summed E-state index contributed by atoms with van der Waals surface area (Å²) < 4.78 is 2.14. The first-order valence-corrected chi connectivity index (χ1v) is 8.94. The molecule has 4 rings (SSSR count). The third-order valence-electron chi connectivity index (χ3n) is 5.25. The van der Waals surface area contributed by atoms with Crippen LogP contribution in [0.5, 0.6) is 0 Å². The molecule has 0 aliphatic carbocycles. The zero-order valence-electron chi connectivity index (χ0n) is 15.1. The van der Waals surface area contributed by atoms with Gasteiger partial charge in [0.1, 0.15) is 5.82 Å². The fraction of sp³-hybridized carbons (Fsp3) is 0.350. The number of likely N-dealkylation sites (tertiary alicyclic amines) is 1. The van der Waals surface area contributed by atoms with Gasteiger partial charge in [-0.05, 0) is 23.8 Å². The van der Waals surface area contributed by atoms with Crippen LogP contribution in [0.25, 0.3) is 11.0 Å². The van der Waals surface area contributed by atoms with E-state index < -0.39 is 0 Å². The largest absolute Gasteiger partial charge is 0.337 e. The van der Waals surface area contributed by atoms with E-state index in [-0.39, 0.29) is 18.0 Å². The Morgan fingerprint density at radius 1 is 1.19 bits per heavy atom. The van der Waals surface area contributed by atoms with Gasteiger partial charge in [-0.25, -0.2) is 4.98 Å². The summed E-state index contributed by atoms with van der Waals surface area (Å²) in [4.78, 5) is 23.0. The first-order valence-electron chi connectivity index (χ1n) is 8.94. The minimum Gasteiger partial charge on any atom is -0.337 e. The quantitative estimate of drug-likeness (QED) is 0.766. The van der Waals surface area contributed by atoms with E-state index in [9.17, 15) is 4.79 Å². The third kappa shape index (κ3) is 2.97. The van der Waals surface area contributed by atoms with Gasteiger partial charge < -0.3 is 14.8 Å². The Morgan fingerprint density at radius 3 is 2.81 bits per heavy atom. The number of hydrogen-bond donors (Lipinski definition) is 1. The smallest absolute Gasteiger partial charge is 0.224 e. The van der Waals surface area contributed by atoms with Crippen molar-refractivity contribution >= 4 is 16.9 Å². The van der Waals surface area contributed by atoms with Gasteiger partial charge in [-0.3, -0.25) is 9.78 Å². The maximum atomic E-state index is 12.2. The number of aromatic nitrogens is 3. The molecule has 1 aliphatic heterocycles. The second kappa shape index (κ2) is 6.88. The van der Waals surface area contributed by atoms with Gasteiger partial charge in [-0.1, -0.05) is 18.2 Å². The Balaban J connectivity index is 1.46. The number of para-hydroxylation sites is 2. The molecule has 1 amide bonds. The van der Waals surface area contributed by atoms with Gasteiger partial charge in [0.25, 0.3) is 0 Å². The van der Waals surface area contributed by atoms with Crippen molar-refractivity contribution < 1.29 is 4.79 Å². The van der Waals surface area contributed by atoms with Crippen molar-refractivity contribution in [1.82, 2.24) is 24.8 Å². The van der Waals surface area contributed by atoms with Crippen LogP contribution in [0.15, 0.2) is 48.8 Å². The Kier molecular flexibility index (Phi) is 4.42. The number of nitrogens with zero attached hydrogens (tertiary/aromatic N) is 4. The summed E-state index contributed by atoms with van der Waals surface area (Å²) in [5.41, 5.74) is 3.24. The number of carbonyl (C=O) groups is 1. The van der Waals surface area contributed by atoms with Crippen LogP contribution in [0, 0.1) is 0 Å². The number of imidazole rings is 1. The predicted octanol–water partition coefficient (Wildman–Crippen LogP) is 2.07. The number of amides is 1. The lowest BCUT2D eigenvalue weighted by Crippen LogP contribution is -2.36. The zero-order chi connectivity index (χ0) is 18.1. The fourth-order valence-electron chi connectivity index (χ4n) is 3.85. The van der Waals surface area contributed by atoms with Crippen molar-refractivity contribution in [2.24, 2.45) is 7.05 Å². The van der Waals surface area contributed by atoms with Crippen molar-refractivity contribution in [2.45, 2.75) is 24.9 Å². The van der Waals surface area contributed by atoms with Crippen LogP contribution in [0.1, 0.15) is 23.9 Å². The number of carbonyl (C=O) groups excluding carboxylic acids is 1. The van der Waals surface area contributed by atoms with E-state index >= 15 is 0 Å². The molecule has 0 saturated carbocycles. The van der Waals surface area contributed by atoms with E-state index in [4.69, 9.17) is 4.98 Å². The van der Waals surface area contributed by atoms with E-state index in [1.807, 2.05) is 48.5 Å². The van der Waals surface area contributed by atoms with Crippen LogP contribution < -0.4 is 5.32 Å².